The number of rotatable bonds is 4. The molecule has 0 aromatic heterocycles. The van der Waals surface area contributed by atoms with Gasteiger partial charge in [-0.2, -0.15) is 13.2 Å². The van der Waals surface area contributed by atoms with Crippen LogP contribution in [0.3, 0.4) is 0 Å². The number of ether oxygens (including phenoxy) is 1. The van der Waals surface area contributed by atoms with Crippen LogP contribution in [0.1, 0.15) is 5.56 Å². The Morgan fingerprint density at radius 3 is 2.59 bits per heavy atom. The molecule has 96 valence electrons. The minimum absolute atomic E-state index is 0.233. The number of nitrogens with two attached hydrogens (primary N) is 1. The molecule has 0 aliphatic heterocycles. The van der Waals surface area contributed by atoms with Gasteiger partial charge >= 0.3 is 6.18 Å². The predicted molar refractivity (Wildman–Crippen MR) is 59.6 cm³/mol. The van der Waals surface area contributed by atoms with Crippen molar-refractivity contribution in [3.05, 3.63) is 28.2 Å². The zero-order valence-corrected chi connectivity index (χ0v) is 10.3. The summed E-state index contributed by atoms with van der Waals surface area (Å²) in [7, 11) is 0. The summed E-state index contributed by atoms with van der Waals surface area (Å²) < 4.78 is 41.6. The van der Waals surface area contributed by atoms with E-state index in [1.807, 2.05) is 0 Å². The van der Waals surface area contributed by atoms with Gasteiger partial charge in [-0.25, -0.2) is 0 Å². The van der Waals surface area contributed by atoms with Gasteiger partial charge in [0.05, 0.1) is 0 Å². The SMILES string of the molecule is NCc1cc(OCC(O)C(F)(F)F)ccc1Br. The first-order valence-corrected chi connectivity index (χ1v) is 5.50. The first kappa shape index (κ1) is 14.3. The highest BCUT2D eigenvalue weighted by molar-refractivity contribution is 9.10. The third-order valence-corrected chi connectivity index (χ3v) is 2.80. The Kier molecular flexibility index (Phi) is 4.79. The Labute approximate surface area is 105 Å². The van der Waals surface area contributed by atoms with Crippen molar-refractivity contribution in [1.29, 1.82) is 0 Å². The molecule has 0 spiro atoms. The number of halogens is 4. The van der Waals surface area contributed by atoms with E-state index in [4.69, 9.17) is 15.6 Å². The molecular weight excluding hydrogens is 303 g/mol. The summed E-state index contributed by atoms with van der Waals surface area (Å²) in [4.78, 5) is 0. The van der Waals surface area contributed by atoms with Gasteiger partial charge in [0.1, 0.15) is 12.4 Å². The van der Waals surface area contributed by atoms with Gasteiger partial charge in [-0.15, -0.1) is 0 Å². The minimum Gasteiger partial charge on any atom is -0.491 e. The lowest BCUT2D eigenvalue weighted by Gasteiger charge is -2.15. The van der Waals surface area contributed by atoms with Crippen molar-refractivity contribution >= 4 is 15.9 Å². The fourth-order valence-corrected chi connectivity index (χ4v) is 1.48. The van der Waals surface area contributed by atoms with E-state index in [2.05, 4.69) is 15.9 Å². The van der Waals surface area contributed by atoms with Gasteiger partial charge < -0.3 is 15.6 Å². The van der Waals surface area contributed by atoms with E-state index >= 15 is 0 Å². The van der Waals surface area contributed by atoms with E-state index in [0.29, 0.717) is 5.56 Å². The molecule has 0 heterocycles. The van der Waals surface area contributed by atoms with Crippen molar-refractivity contribution in [1.82, 2.24) is 0 Å². The molecule has 1 rings (SSSR count). The quantitative estimate of drug-likeness (QED) is 0.896. The van der Waals surface area contributed by atoms with Crippen LogP contribution in [0.25, 0.3) is 0 Å². The number of alkyl halides is 3. The highest BCUT2D eigenvalue weighted by Crippen LogP contribution is 2.24. The lowest BCUT2D eigenvalue weighted by molar-refractivity contribution is -0.210. The minimum atomic E-state index is -4.67. The molecule has 1 aromatic carbocycles. The molecule has 0 saturated heterocycles. The first-order chi connectivity index (χ1) is 7.84. The van der Waals surface area contributed by atoms with E-state index in [-0.39, 0.29) is 12.3 Å². The molecule has 0 amide bonds. The van der Waals surface area contributed by atoms with Crippen molar-refractivity contribution < 1.29 is 23.0 Å². The maximum Gasteiger partial charge on any atom is 0.417 e. The van der Waals surface area contributed by atoms with Crippen molar-refractivity contribution in [2.75, 3.05) is 6.61 Å². The summed E-state index contributed by atoms with van der Waals surface area (Å²) in [5.41, 5.74) is 6.14. The highest BCUT2D eigenvalue weighted by atomic mass is 79.9. The molecule has 1 atom stereocenters. The molecule has 17 heavy (non-hydrogen) atoms. The normalized spacial score (nSPS) is 13.5. The number of aliphatic hydroxyl groups is 1. The lowest BCUT2D eigenvalue weighted by Crippen LogP contribution is -2.34. The molecule has 1 unspecified atom stereocenters. The summed E-state index contributed by atoms with van der Waals surface area (Å²) in [6.07, 6.45) is -7.17. The second kappa shape index (κ2) is 5.70. The average molecular weight is 314 g/mol. The summed E-state index contributed by atoms with van der Waals surface area (Å²) >= 11 is 3.24. The second-order valence-electron chi connectivity index (χ2n) is 3.33. The van der Waals surface area contributed by atoms with Crippen LogP contribution in [0, 0.1) is 0 Å². The molecule has 0 aliphatic rings. The Morgan fingerprint density at radius 1 is 1.41 bits per heavy atom. The predicted octanol–water partition coefficient (Wildman–Crippen LogP) is 2.21. The maximum atomic E-state index is 12.0. The molecule has 0 aliphatic carbocycles. The summed E-state index contributed by atoms with van der Waals surface area (Å²) in [6.45, 7) is -0.602. The Hall–Kier alpha value is -0.790. The summed E-state index contributed by atoms with van der Waals surface area (Å²) in [6, 6.07) is 4.64. The zero-order chi connectivity index (χ0) is 13.1. The molecule has 0 bridgehead atoms. The van der Waals surface area contributed by atoms with Gasteiger partial charge in [-0.05, 0) is 23.8 Å². The van der Waals surface area contributed by atoms with Crippen molar-refractivity contribution in [3.8, 4) is 5.75 Å². The third kappa shape index (κ3) is 4.18. The second-order valence-corrected chi connectivity index (χ2v) is 4.18. The fourth-order valence-electron chi connectivity index (χ4n) is 1.07. The van der Waals surface area contributed by atoms with Crippen LogP contribution in [-0.2, 0) is 6.54 Å². The molecule has 0 fully saturated rings. The lowest BCUT2D eigenvalue weighted by atomic mass is 10.2. The molecular formula is C10H11BrF3NO2. The largest absolute Gasteiger partial charge is 0.491 e. The zero-order valence-electron chi connectivity index (χ0n) is 8.67. The molecule has 0 saturated carbocycles. The van der Waals surface area contributed by atoms with E-state index in [0.717, 1.165) is 4.47 Å². The van der Waals surface area contributed by atoms with Gasteiger partial charge in [0.15, 0.2) is 6.10 Å². The smallest absolute Gasteiger partial charge is 0.417 e. The monoisotopic (exact) mass is 313 g/mol. The average Bonchev–Trinajstić information content (AvgIpc) is 2.26. The number of aliphatic hydroxyl groups excluding tert-OH is 1. The van der Waals surface area contributed by atoms with Crippen LogP contribution in [0.2, 0.25) is 0 Å². The first-order valence-electron chi connectivity index (χ1n) is 4.70. The molecule has 0 radical (unpaired) electrons. The van der Waals surface area contributed by atoms with Crippen LogP contribution < -0.4 is 10.5 Å². The molecule has 3 N–H and O–H groups in total. The van der Waals surface area contributed by atoms with E-state index in [1.165, 1.54) is 12.1 Å². The van der Waals surface area contributed by atoms with Gasteiger partial charge in [0.25, 0.3) is 0 Å². The highest BCUT2D eigenvalue weighted by Gasteiger charge is 2.38. The van der Waals surface area contributed by atoms with E-state index < -0.39 is 18.9 Å². The number of benzene rings is 1. The standard InChI is InChI=1S/C10H11BrF3NO2/c11-8-2-1-7(3-6(8)4-15)17-5-9(16)10(12,13)14/h1-3,9,16H,4-5,15H2. The summed E-state index contributed by atoms with van der Waals surface area (Å²) in [5.74, 6) is 0.233. The van der Waals surface area contributed by atoms with Crippen LogP contribution >= 0.6 is 15.9 Å². The van der Waals surface area contributed by atoms with Crippen molar-refractivity contribution in [3.63, 3.8) is 0 Å². The van der Waals surface area contributed by atoms with Gasteiger partial charge in [0.2, 0.25) is 0 Å². The number of hydrogen-bond donors (Lipinski definition) is 2. The van der Waals surface area contributed by atoms with Crippen LogP contribution in [0.15, 0.2) is 22.7 Å². The number of hydrogen-bond acceptors (Lipinski definition) is 3. The molecule has 1 aromatic rings. The topological polar surface area (TPSA) is 55.5 Å². The van der Waals surface area contributed by atoms with Crippen LogP contribution in [0.4, 0.5) is 13.2 Å². The van der Waals surface area contributed by atoms with Gasteiger partial charge in [0, 0.05) is 11.0 Å². The van der Waals surface area contributed by atoms with E-state index in [9.17, 15) is 13.2 Å². The Balaban J connectivity index is 2.64. The van der Waals surface area contributed by atoms with Gasteiger partial charge in [-0.1, -0.05) is 15.9 Å². The third-order valence-electron chi connectivity index (χ3n) is 2.02. The Bertz CT molecular complexity index is 384. The molecule has 7 heteroatoms. The van der Waals surface area contributed by atoms with E-state index in [1.54, 1.807) is 6.07 Å². The fraction of sp³-hybridized carbons (Fsp3) is 0.400. The van der Waals surface area contributed by atoms with Crippen molar-refractivity contribution in [2.24, 2.45) is 5.73 Å². The maximum absolute atomic E-state index is 12.0. The van der Waals surface area contributed by atoms with Crippen LogP contribution in [-0.4, -0.2) is 24.0 Å². The molecule has 3 nitrogen and oxygen atoms in total. The summed E-state index contributed by atoms with van der Waals surface area (Å²) in [5, 5.41) is 8.74. The Morgan fingerprint density at radius 2 is 2.06 bits per heavy atom. The van der Waals surface area contributed by atoms with Crippen molar-refractivity contribution in [2.45, 2.75) is 18.8 Å². The van der Waals surface area contributed by atoms with Gasteiger partial charge in [-0.3, -0.25) is 0 Å². The van der Waals surface area contributed by atoms with Crippen LogP contribution in [0.5, 0.6) is 5.75 Å².